The summed E-state index contributed by atoms with van der Waals surface area (Å²) < 4.78 is 11.8. The van der Waals surface area contributed by atoms with Crippen molar-refractivity contribution in [2.24, 2.45) is 5.92 Å². The Morgan fingerprint density at radius 2 is 1.90 bits per heavy atom. The lowest BCUT2D eigenvalue weighted by atomic mass is 9.77. The number of nitrogens with one attached hydrogen (secondary N) is 1. The SMILES string of the molecule is CC(=O)NCCCC1OCC(C2C(=O)C=Cc3cc(C4CCCC4)ccc32)CO1. The fraction of sp³-hybridized carbons (Fsp3) is 0.583. The molecule has 1 saturated heterocycles. The van der Waals surface area contributed by atoms with Gasteiger partial charge in [-0.25, -0.2) is 0 Å². The number of hydrogen-bond acceptors (Lipinski definition) is 4. The topological polar surface area (TPSA) is 64.6 Å². The molecular formula is C24H31NO4. The average Bonchev–Trinajstić information content (AvgIpc) is 3.26. The minimum Gasteiger partial charge on any atom is -0.356 e. The molecule has 4 rings (SSSR count). The van der Waals surface area contributed by atoms with E-state index in [4.69, 9.17) is 9.47 Å². The largest absolute Gasteiger partial charge is 0.356 e. The van der Waals surface area contributed by atoms with E-state index in [2.05, 4.69) is 23.5 Å². The molecule has 2 fully saturated rings. The van der Waals surface area contributed by atoms with Gasteiger partial charge in [0, 0.05) is 25.8 Å². The average molecular weight is 398 g/mol. The number of rotatable bonds is 6. The van der Waals surface area contributed by atoms with E-state index in [1.807, 2.05) is 6.08 Å². The van der Waals surface area contributed by atoms with Crippen LogP contribution in [0.1, 0.15) is 74.0 Å². The Morgan fingerprint density at radius 3 is 2.62 bits per heavy atom. The molecule has 0 spiro atoms. The van der Waals surface area contributed by atoms with Crippen LogP contribution in [0.5, 0.6) is 0 Å². The molecule has 1 amide bonds. The maximum atomic E-state index is 12.7. The van der Waals surface area contributed by atoms with Crippen LogP contribution in [0.25, 0.3) is 6.08 Å². The van der Waals surface area contributed by atoms with Gasteiger partial charge in [0.25, 0.3) is 0 Å². The van der Waals surface area contributed by atoms with Crippen LogP contribution in [-0.2, 0) is 19.1 Å². The van der Waals surface area contributed by atoms with Crippen molar-refractivity contribution in [2.45, 2.75) is 63.6 Å². The van der Waals surface area contributed by atoms with E-state index in [-0.39, 0.29) is 29.8 Å². The zero-order valence-electron chi connectivity index (χ0n) is 17.2. The van der Waals surface area contributed by atoms with E-state index in [0.717, 1.165) is 18.4 Å². The first-order valence-electron chi connectivity index (χ1n) is 10.9. The third-order valence-corrected chi connectivity index (χ3v) is 6.46. The van der Waals surface area contributed by atoms with Gasteiger partial charge in [0.15, 0.2) is 12.1 Å². The summed E-state index contributed by atoms with van der Waals surface area (Å²) in [5.41, 5.74) is 3.70. The monoisotopic (exact) mass is 397 g/mol. The molecule has 0 bridgehead atoms. The van der Waals surface area contributed by atoms with Gasteiger partial charge in [-0.2, -0.15) is 0 Å². The molecule has 0 aromatic heterocycles. The lowest BCUT2D eigenvalue weighted by Crippen LogP contribution is -2.38. The second-order valence-electron chi connectivity index (χ2n) is 8.56. The van der Waals surface area contributed by atoms with Crippen LogP contribution in [-0.4, -0.2) is 37.7 Å². The first-order valence-corrected chi connectivity index (χ1v) is 10.9. The Morgan fingerprint density at radius 1 is 1.14 bits per heavy atom. The van der Waals surface area contributed by atoms with Gasteiger partial charge in [-0.1, -0.05) is 37.1 Å². The first-order chi connectivity index (χ1) is 14.1. The van der Waals surface area contributed by atoms with Gasteiger partial charge >= 0.3 is 0 Å². The number of carbonyl (C=O) groups excluding carboxylic acids is 2. The summed E-state index contributed by atoms with van der Waals surface area (Å²) in [5, 5.41) is 2.78. The van der Waals surface area contributed by atoms with Gasteiger partial charge in [-0.3, -0.25) is 9.59 Å². The van der Waals surface area contributed by atoms with E-state index in [1.54, 1.807) is 6.08 Å². The lowest BCUT2D eigenvalue weighted by Gasteiger charge is -2.35. The van der Waals surface area contributed by atoms with Crippen LogP contribution < -0.4 is 5.32 Å². The molecule has 1 N–H and O–H groups in total. The van der Waals surface area contributed by atoms with Crippen molar-refractivity contribution in [3.8, 4) is 0 Å². The normalized spacial score (nSPS) is 27.1. The molecule has 1 heterocycles. The van der Waals surface area contributed by atoms with Crippen molar-refractivity contribution in [3.05, 3.63) is 41.0 Å². The first kappa shape index (κ1) is 20.3. The maximum Gasteiger partial charge on any atom is 0.216 e. The summed E-state index contributed by atoms with van der Waals surface area (Å²) in [5.74, 6) is 0.647. The minimum atomic E-state index is -0.251. The molecule has 1 aliphatic heterocycles. The summed E-state index contributed by atoms with van der Waals surface area (Å²) >= 11 is 0. The molecule has 2 aliphatic carbocycles. The number of carbonyl (C=O) groups is 2. The molecule has 1 atom stereocenters. The predicted octanol–water partition coefficient (Wildman–Crippen LogP) is 3.93. The standard InChI is InChI=1S/C24H31NO4/c1-16(26)25-12-4-7-23-28-14-20(15-29-23)24-21-10-8-18(17-5-2-3-6-17)13-19(21)9-11-22(24)27/h8-11,13,17,20,23-24H,2-7,12,14-15H2,1H3,(H,25,26). The molecule has 29 heavy (non-hydrogen) atoms. The van der Waals surface area contributed by atoms with Crippen molar-refractivity contribution in [1.29, 1.82) is 0 Å². The Balaban J connectivity index is 1.37. The van der Waals surface area contributed by atoms with Crippen LogP contribution in [0.2, 0.25) is 0 Å². The predicted molar refractivity (Wildman–Crippen MR) is 112 cm³/mol. The summed E-state index contributed by atoms with van der Waals surface area (Å²) in [6, 6.07) is 6.68. The van der Waals surface area contributed by atoms with Crippen LogP contribution >= 0.6 is 0 Å². The van der Waals surface area contributed by atoms with E-state index < -0.39 is 0 Å². The Hall–Kier alpha value is -1.98. The Bertz CT molecular complexity index is 773. The van der Waals surface area contributed by atoms with Crippen LogP contribution in [0, 0.1) is 5.92 Å². The molecule has 156 valence electrons. The summed E-state index contributed by atoms with van der Waals surface area (Å²) in [6.45, 7) is 3.20. The molecule has 1 aromatic carbocycles. The van der Waals surface area contributed by atoms with Gasteiger partial charge in [0.2, 0.25) is 5.91 Å². The van der Waals surface area contributed by atoms with Crippen molar-refractivity contribution in [2.75, 3.05) is 19.8 Å². The van der Waals surface area contributed by atoms with Crippen molar-refractivity contribution < 1.29 is 19.1 Å². The number of ether oxygens (including phenoxy) is 2. The molecule has 1 aromatic rings. The number of benzene rings is 1. The van der Waals surface area contributed by atoms with Crippen molar-refractivity contribution in [1.82, 2.24) is 5.32 Å². The van der Waals surface area contributed by atoms with Crippen LogP contribution in [0.15, 0.2) is 24.3 Å². The fourth-order valence-electron chi connectivity index (χ4n) is 4.90. The molecular weight excluding hydrogens is 366 g/mol. The second-order valence-corrected chi connectivity index (χ2v) is 8.56. The quantitative estimate of drug-likeness (QED) is 0.739. The smallest absolute Gasteiger partial charge is 0.216 e. The maximum absolute atomic E-state index is 12.7. The molecule has 0 radical (unpaired) electrons. The van der Waals surface area contributed by atoms with Gasteiger partial charge in [0.05, 0.1) is 19.1 Å². The third kappa shape index (κ3) is 4.78. The molecule has 5 nitrogen and oxygen atoms in total. The fourth-order valence-corrected chi connectivity index (χ4v) is 4.90. The Labute approximate surface area is 172 Å². The number of hydrogen-bond donors (Lipinski definition) is 1. The van der Waals surface area contributed by atoms with Gasteiger partial charge in [-0.05, 0) is 47.9 Å². The van der Waals surface area contributed by atoms with Crippen LogP contribution in [0.4, 0.5) is 0 Å². The van der Waals surface area contributed by atoms with E-state index in [9.17, 15) is 9.59 Å². The zero-order valence-corrected chi connectivity index (χ0v) is 17.2. The molecule has 1 unspecified atom stereocenters. The minimum absolute atomic E-state index is 0.0193. The van der Waals surface area contributed by atoms with E-state index in [0.29, 0.717) is 25.7 Å². The highest BCUT2D eigenvalue weighted by Crippen LogP contribution is 2.39. The molecule has 5 heteroatoms. The van der Waals surface area contributed by atoms with Gasteiger partial charge in [-0.15, -0.1) is 0 Å². The number of fused-ring (bicyclic) bond motifs is 1. The van der Waals surface area contributed by atoms with Gasteiger partial charge in [0.1, 0.15) is 0 Å². The highest BCUT2D eigenvalue weighted by molar-refractivity contribution is 6.02. The summed E-state index contributed by atoms with van der Waals surface area (Å²) in [4.78, 5) is 23.6. The van der Waals surface area contributed by atoms with Gasteiger partial charge < -0.3 is 14.8 Å². The Kier molecular flexibility index (Phi) is 6.46. The number of amides is 1. The van der Waals surface area contributed by atoms with Crippen LogP contribution in [0.3, 0.4) is 0 Å². The summed E-state index contributed by atoms with van der Waals surface area (Å²) in [7, 11) is 0. The van der Waals surface area contributed by atoms with E-state index in [1.165, 1.54) is 43.7 Å². The van der Waals surface area contributed by atoms with E-state index >= 15 is 0 Å². The van der Waals surface area contributed by atoms with Crippen molar-refractivity contribution in [3.63, 3.8) is 0 Å². The van der Waals surface area contributed by atoms with Crippen molar-refractivity contribution >= 4 is 17.8 Å². The number of ketones is 1. The highest BCUT2D eigenvalue weighted by atomic mass is 16.7. The number of allylic oxidation sites excluding steroid dienone is 1. The zero-order chi connectivity index (χ0) is 20.2. The summed E-state index contributed by atoms with van der Waals surface area (Å²) in [6.07, 6.45) is 10.2. The molecule has 1 saturated carbocycles. The third-order valence-electron chi connectivity index (χ3n) is 6.46. The lowest BCUT2D eigenvalue weighted by molar-refractivity contribution is -0.206. The molecule has 3 aliphatic rings. The second kappa shape index (κ2) is 9.23. The highest BCUT2D eigenvalue weighted by Gasteiger charge is 2.36.